The molecule has 2 aliphatic rings. The molecule has 1 aromatic carbocycles. The Balaban J connectivity index is 1.51. The molecule has 9 heteroatoms. The summed E-state index contributed by atoms with van der Waals surface area (Å²) in [4.78, 5) is 23.6. The maximum absolute atomic E-state index is 12.2. The summed E-state index contributed by atoms with van der Waals surface area (Å²) >= 11 is 0. The molecule has 2 saturated heterocycles. The van der Waals surface area contributed by atoms with Crippen molar-refractivity contribution in [3.8, 4) is 0 Å². The highest BCUT2D eigenvalue weighted by Gasteiger charge is 2.65. The van der Waals surface area contributed by atoms with Crippen LogP contribution >= 0.6 is 0 Å². The van der Waals surface area contributed by atoms with E-state index >= 15 is 0 Å². The molecule has 4 heterocycles. The Bertz CT molecular complexity index is 1110. The molecule has 9 nitrogen and oxygen atoms in total. The van der Waals surface area contributed by atoms with Gasteiger partial charge in [0.25, 0.3) is 5.56 Å². The fourth-order valence-corrected chi connectivity index (χ4v) is 4.38. The zero-order chi connectivity index (χ0) is 20.9. The van der Waals surface area contributed by atoms with Crippen LogP contribution in [0, 0.1) is 6.92 Å². The van der Waals surface area contributed by atoms with Crippen LogP contribution in [0.5, 0.6) is 0 Å². The number of benzene rings is 1. The van der Waals surface area contributed by atoms with Crippen LogP contribution in [-0.2, 0) is 25.6 Å². The lowest BCUT2D eigenvalue weighted by atomic mass is 9.93. The molecule has 0 saturated carbocycles. The highest BCUT2D eigenvalue weighted by atomic mass is 16.7. The summed E-state index contributed by atoms with van der Waals surface area (Å²) in [6, 6.07) is 9.97. The molecule has 2 aliphatic heterocycles. The Labute approximate surface area is 173 Å². The number of nitrogens with one attached hydrogen (secondary N) is 1. The van der Waals surface area contributed by atoms with E-state index in [1.54, 1.807) is 24.9 Å². The molecule has 158 valence electrons. The molecular weight excluding hydrogens is 388 g/mol. The van der Waals surface area contributed by atoms with E-state index in [0.29, 0.717) is 24.7 Å². The smallest absolute Gasteiger partial charge is 0.279 e. The van der Waals surface area contributed by atoms with Gasteiger partial charge in [0.1, 0.15) is 23.6 Å². The summed E-state index contributed by atoms with van der Waals surface area (Å²) in [5, 5.41) is 0. The average molecular weight is 412 g/mol. The standard InChI is InChI=1S/C21H24N4O5/c1-12(27-3)21-10-29-16(17(21)28-9-14-7-5-4-6-8-14)20(30-21)25-11-22-15-18(25)23-13(2)24-19(15)26/h4-8,11-12,16-17,20H,9-10H2,1-3H3,(H,23,24,26)/t12?,16-,17+,20-,21-/m1/s1. The van der Waals surface area contributed by atoms with Crippen LogP contribution in [0.4, 0.5) is 0 Å². The number of H-pyrrole nitrogens is 1. The summed E-state index contributed by atoms with van der Waals surface area (Å²) in [7, 11) is 1.65. The molecule has 2 aromatic heterocycles. The topological polar surface area (TPSA) is 100 Å². The second-order valence-corrected chi connectivity index (χ2v) is 7.81. The Kier molecular flexibility index (Phi) is 4.70. The molecular formula is C21H24N4O5. The van der Waals surface area contributed by atoms with Crippen molar-refractivity contribution >= 4 is 11.2 Å². The zero-order valence-corrected chi connectivity index (χ0v) is 17.1. The number of rotatable bonds is 6. The zero-order valence-electron chi connectivity index (χ0n) is 17.1. The van der Waals surface area contributed by atoms with Gasteiger partial charge in [-0.3, -0.25) is 9.36 Å². The molecule has 0 aliphatic carbocycles. The summed E-state index contributed by atoms with van der Waals surface area (Å²) < 4.78 is 26.4. The van der Waals surface area contributed by atoms with Crippen molar-refractivity contribution < 1.29 is 18.9 Å². The van der Waals surface area contributed by atoms with Gasteiger partial charge in [-0.1, -0.05) is 30.3 Å². The van der Waals surface area contributed by atoms with Gasteiger partial charge in [-0.15, -0.1) is 0 Å². The van der Waals surface area contributed by atoms with E-state index in [9.17, 15) is 4.79 Å². The van der Waals surface area contributed by atoms with E-state index < -0.39 is 11.8 Å². The minimum absolute atomic E-state index is 0.263. The fourth-order valence-electron chi connectivity index (χ4n) is 4.38. The van der Waals surface area contributed by atoms with Crippen molar-refractivity contribution in [2.24, 2.45) is 0 Å². The number of hydrogen-bond donors (Lipinski definition) is 1. The molecule has 0 radical (unpaired) electrons. The Hall–Kier alpha value is -2.59. The predicted octanol–water partition coefficient (Wildman–Crippen LogP) is 1.71. The second kappa shape index (κ2) is 7.28. The van der Waals surface area contributed by atoms with Gasteiger partial charge in [0.2, 0.25) is 0 Å². The van der Waals surface area contributed by atoms with Gasteiger partial charge in [0.15, 0.2) is 17.4 Å². The van der Waals surface area contributed by atoms with E-state index in [2.05, 4.69) is 15.0 Å². The highest BCUT2D eigenvalue weighted by Crippen LogP contribution is 2.49. The van der Waals surface area contributed by atoms with Gasteiger partial charge >= 0.3 is 0 Å². The molecule has 0 amide bonds. The van der Waals surface area contributed by atoms with Crippen LogP contribution in [-0.4, -0.2) is 57.1 Å². The minimum Gasteiger partial charge on any atom is -0.379 e. The second-order valence-electron chi connectivity index (χ2n) is 7.81. The number of fused-ring (bicyclic) bond motifs is 3. The van der Waals surface area contributed by atoms with Crippen LogP contribution in [0.25, 0.3) is 11.2 Å². The summed E-state index contributed by atoms with van der Waals surface area (Å²) in [5.74, 6) is 0.509. The van der Waals surface area contributed by atoms with Gasteiger partial charge in [-0.2, -0.15) is 0 Å². The van der Waals surface area contributed by atoms with Crippen LogP contribution in [0.2, 0.25) is 0 Å². The van der Waals surface area contributed by atoms with Crippen LogP contribution in [0.3, 0.4) is 0 Å². The summed E-state index contributed by atoms with van der Waals surface area (Å²) in [6.45, 7) is 4.48. The molecule has 30 heavy (non-hydrogen) atoms. The lowest BCUT2D eigenvalue weighted by Gasteiger charge is -2.35. The van der Waals surface area contributed by atoms with Crippen LogP contribution in [0.1, 0.15) is 24.5 Å². The largest absolute Gasteiger partial charge is 0.379 e. The van der Waals surface area contributed by atoms with E-state index in [1.807, 2.05) is 37.3 Å². The van der Waals surface area contributed by atoms with Crippen molar-refractivity contribution in [3.05, 3.63) is 58.4 Å². The number of aryl methyl sites for hydroxylation is 1. The average Bonchev–Trinajstić information content (AvgIpc) is 3.42. The molecule has 2 bridgehead atoms. The summed E-state index contributed by atoms with van der Waals surface area (Å²) in [5.41, 5.74) is 0.739. The molecule has 3 aromatic rings. The SMILES string of the molecule is COC(C)[C@@]12CO[C@@H]([C@H](n3cnc4c(=O)[nH]c(C)nc43)O1)[C@@H]2OCc1ccccc1. The molecule has 5 atom stereocenters. The monoisotopic (exact) mass is 412 g/mol. The number of nitrogens with zero attached hydrogens (tertiary/aromatic N) is 3. The van der Waals surface area contributed by atoms with E-state index in [4.69, 9.17) is 18.9 Å². The normalized spacial score (nSPS) is 29.0. The van der Waals surface area contributed by atoms with E-state index in [0.717, 1.165) is 5.56 Å². The van der Waals surface area contributed by atoms with Crippen molar-refractivity contribution in [3.63, 3.8) is 0 Å². The molecule has 2 fully saturated rings. The molecule has 5 rings (SSSR count). The van der Waals surface area contributed by atoms with E-state index in [1.165, 1.54) is 0 Å². The van der Waals surface area contributed by atoms with Gasteiger partial charge in [-0.25, -0.2) is 9.97 Å². The third kappa shape index (κ3) is 2.89. The summed E-state index contributed by atoms with van der Waals surface area (Å²) in [6.07, 6.45) is 0.0424. The van der Waals surface area contributed by atoms with Gasteiger partial charge in [0, 0.05) is 7.11 Å². The molecule has 1 N–H and O–H groups in total. The number of aromatic amines is 1. The maximum Gasteiger partial charge on any atom is 0.279 e. The molecule has 1 unspecified atom stereocenters. The lowest BCUT2D eigenvalue weighted by Crippen LogP contribution is -2.51. The first-order valence-corrected chi connectivity index (χ1v) is 9.94. The van der Waals surface area contributed by atoms with Gasteiger partial charge in [0.05, 0.1) is 25.6 Å². The van der Waals surface area contributed by atoms with Crippen LogP contribution in [0.15, 0.2) is 41.5 Å². The number of imidazole rings is 1. The lowest BCUT2D eigenvalue weighted by molar-refractivity contribution is -0.212. The number of hydrogen-bond acceptors (Lipinski definition) is 7. The number of aromatic nitrogens is 4. The molecule has 0 spiro atoms. The van der Waals surface area contributed by atoms with Gasteiger partial charge in [-0.05, 0) is 19.4 Å². The first kappa shape index (κ1) is 19.4. The highest BCUT2D eigenvalue weighted by molar-refractivity contribution is 5.69. The van der Waals surface area contributed by atoms with Gasteiger partial charge < -0.3 is 23.9 Å². The quantitative estimate of drug-likeness (QED) is 0.658. The van der Waals surface area contributed by atoms with Crippen molar-refractivity contribution in [2.45, 2.75) is 50.6 Å². The van der Waals surface area contributed by atoms with Crippen molar-refractivity contribution in [1.29, 1.82) is 0 Å². The third-order valence-electron chi connectivity index (χ3n) is 6.04. The van der Waals surface area contributed by atoms with Crippen LogP contribution < -0.4 is 5.56 Å². The number of ether oxygens (including phenoxy) is 4. The Morgan fingerprint density at radius 1 is 1.37 bits per heavy atom. The third-order valence-corrected chi connectivity index (χ3v) is 6.04. The Morgan fingerprint density at radius 2 is 2.17 bits per heavy atom. The minimum atomic E-state index is -0.772. The van der Waals surface area contributed by atoms with Crippen molar-refractivity contribution in [2.75, 3.05) is 13.7 Å². The Morgan fingerprint density at radius 3 is 2.93 bits per heavy atom. The maximum atomic E-state index is 12.2. The first-order valence-electron chi connectivity index (χ1n) is 9.94. The fraction of sp³-hybridized carbons (Fsp3) is 0.476. The first-order chi connectivity index (χ1) is 14.5. The van der Waals surface area contributed by atoms with Crippen molar-refractivity contribution in [1.82, 2.24) is 19.5 Å². The van der Waals surface area contributed by atoms with E-state index in [-0.39, 0.29) is 29.4 Å². The number of methoxy groups -OCH3 is 1. The predicted molar refractivity (Wildman–Crippen MR) is 107 cm³/mol.